The molecule has 68 valence electrons. The molecular formula is C7H4I3N3. The van der Waals surface area contributed by atoms with Gasteiger partial charge in [0.2, 0.25) is 0 Å². The third-order valence-electron chi connectivity index (χ3n) is 1.59. The number of aryl methyl sites for hydroxylation is 1. The fourth-order valence-corrected chi connectivity index (χ4v) is 3.59. The third kappa shape index (κ3) is 1.80. The van der Waals surface area contributed by atoms with Crippen molar-refractivity contribution in [3.8, 4) is 0 Å². The van der Waals surface area contributed by atoms with Gasteiger partial charge >= 0.3 is 0 Å². The SMILES string of the molecule is Cc1cn2nc(I)c(I)c2c(I)n1. The number of aromatic nitrogens is 3. The normalized spacial score (nSPS) is 11.1. The molecule has 0 aliphatic heterocycles. The van der Waals surface area contributed by atoms with Crippen LogP contribution < -0.4 is 0 Å². The summed E-state index contributed by atoms with van der Waals surface area (Å²) in [6.45, 7) is 1.98. The highest BCUT2D eigenvalue weighted by molar-refractivity contribution is 14.1. The van der Waals surface area contributed by atoms with E-state index in [9.17, 15) is 0 Å². The molecule has 2 rings (SSSR count). The van der Waals surface area contributed by atoms with Crippen LogP contribution in [0.15, 0.2) is 6.20 Å². The Kier molecular flexibility index (Phi) is 2.99. The zero-order valence-corrected chi connectivity index (χ0v) is 13.0. The summed E-state index contributed by atoms with van der Waals surface area (Å²) in [6, 6.07) is 0. The van der Waals surface area contributed by atoms with Crippen molar-refractivity contribution in [1.29, 1.82) is 0 Å². The van der Waals surface area contributed by atoms with Gasteiger partial charge in [-0.1, -0.05) is 0 Å². The minimum absolute atomic E-state index is 0.993. The fraction of sp³-hybridized carbons (Fsp3) is 0.143. The van der Waals surface area contributed by atoms with Gasteiger partial charge < -0.3 is 0 Å². The molecule has 0 aliphatic carbocycles. The zero-order valence-electron chi connectivity index (χ0n) is 6.55. The second-order valence-corrected chi connectivity index (χ2v) is 5.69. The molecule has 0 spiro atoms. The van der Waals surface area contributed by atoms with E-state index in [0.29, 0.717) is 0 Å². The molecular weight excluding hydrogens is 507 g/mol. The molecule has 13 heavy (non-hydrogen) atoms. The summed E-state index contributed by atoms with van der Waals surface area (Å²) in [5.41, 5.74) is 2.10. The first-order valence-electron chi connectivity index (χ1n) is 3.46. The summed E-state index contributed by atoms with van der Waals surface area (Å²) in [5, 5.41) is 4.39. The Morgan fingerprint density at radius 3 is 2.62 bits per heavy atom. The smallest absolute Gasteiger partial charge is 0.137 e. The second kappa shape index (κ2) is 3.76. The van der Waals surface area contributed by atoms with Crippen LogP contribution in [0.1, 0.15) is 5.69 Å². The van der Waals surface area contributed by atoms with E-state index in [2.05, 4.69) is 77.9 Å². The molecule has 0 atom stereocenters. The molecule has 0 aromatic carbocycles. The van der Waals surface area contributed by atoms with Crippen LogP contribution in [0.5, 0.6) is 0 Å². The van der Waals surface area contributed by atoms with Gasteiger partial charge in [0, 0.05) is 0 Å². The van der Waals surface area contributed by atoms with Crippen molar-refractivity contribution < 1.29 is 0 Å². The Bertz CT molecular complexity index is 477. The lowest BCUT2D eigenvalue weighted by molar-refractivity contribution is 0.909. The van der Waals surface area contributed by atoms with Gasteiger partial charge in [-0.25, -0.2) is 9.50 Å². The minimum Gasteiger partial charge on any atom is -0.243 e. The largest absolute Gasteiger partial charge is 0.243 e. The van der Waals surface area contributed by atoms with Gasteiger partial charge in [0.15, 0.2) is 0 Å². The van der Waals surface area contributed by atoms with Crippen molar-refractivity contribution in [2.24, 2.45) is 0 Å². The first-order chi connectivity index (χ1) is 6.09. The van der Waals surface area contributed by atoms with Crippen molar-refractivity contribution in [1.82, 2.24) is 14.6 Å². The van der Waals surface area contributed by atoms with Crippen molar-refractivity contribution in [3.63, 3.8) is 0 Å². The Morgan fingerprint density at radius 1 is 1.23 bits per heavy atom. The lowest BCUT2D eigenvalue weighted by Crippen LogP contribution is -1.95. The Hall–Kier alpha value is 0.810. The highest BCUT2D eigenvalue weighted by Gasteiger charge is 2.11. The number of rotatable bonds is 0. The molecule has 0 aliphatic rings. The summed E-state index contributed by atoms with van der Waals surface area (Å²) < 4.78 is 5.12. The Labute approximate surface area is 116 Å². The molecule has 2 heterocycles. The maximum absolute atomic E-state index is 4.39. The van der Waals surface area contributed by atoms with Crippen molar-refractivity contribution >= 4 is 73.3 Å². The molecule has 0 fully saturated rings. The van der Waals surface area contributed by atoms with Crippen LogP contribution in [0.3, 0.4) is 0 Å². The maximum Gasteiger partial charge on any atom is 0.137 e. The number of hydrogen-bond acceptors (Lipinski definition) is 2. The van der Waals surface area contributed by atoms with Gasteiger partial charge in [0.1, 0.15) is 12.9 Å². The molecule has 0 N–H and O–H groups in total. The van der Waals surface area contributed by atoms with E-state index in [1.807, 2.05) is 17.6 Å². The molecule has 0 saturated carbocycles. The molecule has 3 nitrogen and oxygen atoms in total. The van der Waals surface area contributed by atoms with Crippen molar-refractivity contribution in [2.45, 2.75) is 6.92 Å². The van der Waals surface area contributed by atoms with Crippen LogP contribution in [0, 0.1) is 17.9 Å². The minimum atomic E-state index is 0.993. The molecule has 0 saturated heterocycles. The molecule has 0 amide bonds. The summed E-state index contributed by atoms with van der Waals surface area (Å²) in [4.78, 5) is 4.39. The lowest BCUT2D eigenvalue weighted by atomic mass is 10.5. The first kappa shape index (κ1) is 10.3. The number of hydrogen-bond donors (Lipinski definition) is 0. The van der Waals surface area contributed by atoms with Crippen molar-refractivity contribution in [2.75, 3.05) is 0 Å². The fourth-order valence-electron chi connectivity index (χ4n) is 1.08. The number of halogens is 3. The third-order valence-corrected chi connectivity index (χ3v) is 5.15. The van der Waals surface area contributed by atoms with Crippen molar-refractivity contribution in [3.05, 3.63) is 22.9 Å². The van der Waals surface area contributed by atoms with E-state index >= 15 is 0 Å². The van der Waals surface area contributed by atoms with E-state index in [4.69, 9.17) is 0 Å². The molecule has 2 aromatic heterocycles. The molecule has 0 radical (unpaired) electrons. The predicted octanol–water partition coefficient (Wildman–Crippen LogP) is 2.85. The quantitative estimate of drug-likeness (QED) is 0.510. The van der Waals surface area contributed by atoms with E-state index in [1.54, 1.807) is 0 Å². The monoisotopic (exact) mass is 511 g/mol. The van der Waals surface area contributed by atoms with Crippen LogP contribution in [0.25, 0.3) is 5.52 Å². The van der Waals surface area contributed by atoms with Gasteiger partial charge in [-0.05, 0) is 74.7 Å². The molecule has 0 bridgehead atoms. The van der Waals surface area contributed by atoms with E-state index in [-0.39, 0.29) is 0 Å². The zero-order chi connectivity index (χ0) is 9.59. The van der Waals surface area contributed by atoms with E-state index < -0.39 is 0 Å². The highest BCUT2D eigenvalue weighted by Crippen LogP contribution is 2.23. The average Bonchev–Trinajstić information content (AvgIpc) is 2.27. The van der Waals surface area contributed by atoms with Gasteiger partial charge in [-0.3, -0.25) is 0 Å². The second-order valence-electron chi connectivity index (χ2n) is 2.57. The number of nitrogens with zero attached hydrogens (tertiary/aromatic N) is 3. The summed E-state index contributed by atoms with van der Waals surface area (Å²) in [6.07, 6.45) is 1.95. The van der Waals surface area contributed by atoms with E-state index in [0.717, 1.165) is 18.6 Å². The van der Waals surface area contributed by atoms with Gasteiger partial charge in [-0.15, -0.1) is 0 Å². The van der Waals surface area contributed by atoms with Gasteiger partial charge in [0.25, 0.3) is 0 Å². The summed E-state index contributed by atoms with van der Waals surface area (Å²) in [7, 11) is 0. The van der Waals surface area contributed by atoms with Crippen LogP contribution in [0.4, 0.5) is 0 Å². The van der Waals surface area contributed by atoms with Crippen LogP contribution >= 0.6 is 67.8 Å². The molecule has 0 unspecified atom stereocenters. The summed E-state index contributed by atoms with van der Waals surface area (Å²) in [5.74, 6) is 0. The van der Waals surface area contributed by atoms with Gasteiger partial charge in [-0.2, -0.15) is 5.10 Å². The van der Waals surface area contributed by atoms with Crippen LogP contribution in [0.2, 0.25) is 0 Å². The standard InChI is InChI=1S/C7H4I3N3/c1-3-2-13-5(7(10)11-3)4(8)6(9)12-13/h2H,1H3. The van der Waals surface area contributed by atoms with Gasteiger partial charge in [0.05, 0.1) is 15.5 Å². The maximum atomic E-state index is 4.39. The molecule has 6 heteroatoms. The Balaban J connectivity index is 2.94. The predicted molar refractivity (Wildman–Crippen MR) is 75.9 cm³/mol. The first-order valence-corrected chi connectivity index (χ1v) is 6.69. The number of fused-ring (bicyclic) bond motifs is 1. The van der Waals surface area contributed by atoms with E-state index in [1.165, 1.54) is 3.57 Å². The molecule has 2 aromatic rings. The lowest BCUT2D eigenvalue weighted by Gasteiger charge is -1.97. The van der Waals surface area contributed by atoms with Crippen LogP contribution in [-0.4, -0.2) is 14.6 Å². The summed E-state index contributed by atoms with van der Waals surface area (Å²) >= 11 is 6.78. The highest BCUT2D eigenvalue weighted by atomic mass is 127. The average molecular weight is 511 g/mol. The topological polar surface area (TPSA) is 30.2 Å². The Morgan fingerprint density at radius 2 is 1.92 bits per heavy atom. The van der Waals surface area contributed by atoms with Crippen LogP contribution in [-0.2, 0) is 0 Å².